The molecule has 1 aliphatic heterocycles. The van der Waals surface area contributed by atoms with Crippen molar-refractivity contribution in [1.82, 2.24) is 14.5 Å². The van der Waals surface area contributed by atoms with E-state index in [1.54, 1.807) is 41.0 Å². The second-order valence-electron chi connectivity index (χ2n) is 8.48. The van der Waals surface area contributed by atoms with E-state index >= 15 is 0 Å². The molecular formula is C26H28FN3O4S. The minimum Gasteiger partial charge on any atom is -0.376 e. The molecular weight excluding hydrogens is 469 g/mol. The molecule has 0 spiro atoms. The highest BCUT2D eigenvalue weighted by Gasteiger charge is 2.28. The quantitative estimate of drug-likeness (QED) is 0.396. The molecule has 1 atom stereocenters. The molecule has 2 aromatic carbocycles. The number of imidazole rings is 1. The Morgan fingerprint density at radius 3 is 2.63 bits per heavy atom. The van der Waals surface area contributed by atoms with Gasteiger partial charge in [0.25, 0.3) is 5.91 Å². The first-order valence-electron chi connectivity index (χ1n) is 11.5. The number of aromatic nitrogens is 2. The van der Waals surface area contributed by atoms with E-state index in [9.17, 15) is 17.6 Å². The standard InChI is InChI=1S/C26H28FN3O4S/c1-2-14-30-21(16-28-26(30)35(32,33)19-20-9-4-3-5-10-20)17-29(18-22-11-8-15-34-22)25(31)23-12-6-7-13-24(23)27/h2-7,9-10,12-13,16,22H,1,8,11,14-15,17-19H2/t22-/m0/s1. The second-order valence-corrected chi connectivity index (χ2v) is 10.4. The van der Waals surface area contributed by atoms with Crippen molar-refractivity contribution >= 4 is 15.7 Å². The summed E-state index contributed by atoms with van der Waals surface area (Å²) in [4.78, 5) is 19.1. The number of allylic oxidation sites excluding steroid dienone is 1. The topological polar surface area (TPSA) is 81.5 Å². The van der Waals surface area contributed by atoms with Gasteiger partial charge in [0.2, 0.25) is 15.0 Å². The number of carbonyl (C=O) groups excluding carboxylic acids is 1. The van der Waals surface area contributed by atoms with Gasteiger partial charge in [-0.05, 0) is 30.5 Å². The SMILES string of the molecule is C=CCn1c(CN(C[C@@H]2CCCO2)C(=O)c2ccccc2F)cnc1S(=O)(=O)Cc1ccccc1. The van der Waals surface area contributed by atoms with Crippen LogP contribution < -0.4 is 0 Å². The Hall–Kier alpha value is -3.30. The molecule has 3 aromatic rings. The zero-order valence-electron chi connectivity index (χ0n) is 19.3. The van der Waals surface area contributed by atoms with E-state index in [0.717, 1.165) is 12.8 Å². The monoisotopic (exact) mass is 497 g/mol. The maximum Gasteiger partial charge on any atom is 0.257 e. The number of hydrogen-bond donors (Lipinski definition) is 0. The first-order chi connectivity index (χ1) is 16.9. The maximum atomic E-state index is 14.4. The summed E-state index contributed by atoms with van der Waals surface area (Å²) in [7, 11) is -3.77. The number of hydrogen-bond acceptors (Lipinski definition) is 5. The summed E-state index contributed by atoms with van der Waals surface area (Å²) in [5.74, 6) is -1.30. The first-order valence-corrected chi connectivity index (χ1v) is 13.1. The van der Waals surface area contributed by atoms with Crippen molar-refractivity contribution in [3.63, 3.8) is 0 Å². The Labute approximate surface area is 204 Å². The van der Waals surface area contributed by atoms with E-state index in [0.29, 0.717) is 17.9 Å². The second kappa shape index (κ2) is 11.0. The summed E-state index contributed by atoms with van der Waals surface area (Å²) < 4.78 is 48.1. The molecule has 1 aromatic heterocycles. The molecule has 4 rings (SSSR count). The van der Waals surface area contributed by atoms with Gasteiger partial charge in [0.1, 0.15) is 5.82 Å². The van der Waals surface area contributed by atoms with Gasteiger partial charge >= 0.3 is 0 Å². The summed E-state index contributed by atoms with van der Waals surface area (Å²) in [5, 5.41) is -0.0911. The van der Waals surface area contributed by atoms with Crippen LogP contribution >= 0.6 is 0 Å². The van der Waals surface area contributed by atoms with Crippen molar-refractivity contribution in [2.45, 2.75) is 42.9 Å². The predicted octanol–water partition coefficient (Wildman–Crippen LogP) is 4.00. The Kier molecular flexibility index (Phi) is 7.77. The Bertz CT molecular complexity index is 1280. The Balaban J connectivity index is 1.65. The third-order valence-electron chi connectivity index (χ3n) is 5.88. The number of rotatable bonds is 10. The fourth-order valence-corrected chi connectivity index (χ4v) is 5.70. The molecule has 1 amide bonds. The summed E-state index contributed by atoms with van der Waals surface area (Å²) >= 11 is 0. The molecule has 0 radical (unpaired) electrons. The third kappa shape index (κ3) is 5.86. The van der Waals surface area contributed by atoms with Gasteiger partial charge in [-0.3, -0.25) is 4.79 Å². The minimum atomic E-state index is -3.77. The van der Waals surface area contributed by atoms with Gasteiger partial charge in [-0.25, -0.2) is 17.8 Å². The van der Waals surface area contributed by atoms with E-state index in [4.69, 9.17) is 4.74 Å². The molecule has 35 heavy (non-hydrogen) atoms. The number of carbonyl (C=O) groups is 1. The fraction of sp³-hybridized carbons (Fsp3) is 0.308. The average Bonchev–Trinajstić information content (AvgIpc) is 3.50. The summed E-state index contributed by atoms with van der Waals surface area (Å²) in [6, 6.07) is 14.7. The molecule has 0 bridgehead atoms. The van der Waals surface area contributed by atoms with E-state index in [-0.39, 0.29) is 42.2 Å². The van der Waals surface area contributed by atoms with Gasteiger partial charge in [0, 0.05) is 19.7 Å². The van der Waals surface area contributed by atoms with Crippen molar-refractivity contribution in [3.05, 3.63) is 96.1 Å². The predicted molar refractivity (Wildman–Crippen MR) is 130 cm³/mol. The Morgan fingerprint density at radius 2 is 1.94 bits per heavy atom. The van der Waals surface area contributed by atoms with Gasteiger partial charge < -0.3 is 14.2 Å². The molecule has 2 heterocycles. The van der Waals surface area contributed by atoms with Crippen molar-refractivity contribution in [2.75, 3.05) is 13.2 Å². The largest absolute Gasteiger partial charge is 0.376 e. The van der Waals surface area contributed by atoms with Crippen LogP contribution in [-0.4, -0.2) is 48.0 Å². The minimum absolute atomic E-state index is 0.0443. The lowest BCUT2D eigenvalue weighted by Crippen LogP contribution is -2.38. The van der Waals surface area contributed by atoms with Crippen LogP contribution in [0.3, 0.4) is 0 Å². The van der Waals surface area contributed by atoms with Crippen LogP contribution in [0.5, 0.6) is 0 Å². The van der Waals surface area contributed by atoms with Crippen LogP contribution in [0.1, 0.15) is 34.5 Å². The first kappa shape index (κ1) is 24.8. The molecule has 9 heteroatoms. The molecule has 1 saturated heterocycles. The lowest BCUT2D eigenvalue weighted by atomic mass is 10.1. The summed E-state index contributed by atoms with van der Waals surface area (Å²) in [6.07, 6.45) is 4.56. The van der Waals surface area contributed by atoms with Crippen LogP contribution in [0, 0.1) is 5.82 Å². The van der Waals surface area contributed by atoms with Crippen LogP contribution in [-0.2, 0) is 33.4 Å². The number of nitrogens with zero attached hydrogens (tertiary/aromatic N) is 3. The van der Waals surface area contributed by atoms with Gasteiger partial charge in [0.05, 0.1) is 35.9 Å². The zero-order chi connectivity index (χ0) is 24.8. The van der Waals surface area contributed by atoms with Crippen LogP contribution in [0.4, 0.5) is 4.39 Å². The highest BCUT2D eigenvalue weighted by molar-refractivity contribution is 7.90. The highest BCUT2D eigenvalue weighted by atomic mass is 32.2. The van der Waals surface area contributed by atoms with Crippen molar-refractivity contribution in [3.8, 4) is 0 Å². The molecule has 184 valence electrons. The normalized spacial score (nSPS) is 15.7. The fourth-order valence-electron chi connectivity index (χ4n) is 4.20. The lowest BCUT2D eigenvalue weighted by Gasteiger charge is -2.26. The number of halogens is 1. The van der Waals surface area contributed by atoms with Crippen molar-refractivity contribution in [1.29, 1.82) is 0 Å². The number of ether oxygens (including phenoxy) is 1. The van der Waals surface area contributed by atoms with Crippen LogP contribution in [0.25, 0.3) is 0 Å². The van der Waals surface area contributed by atoms with E-state index < -0.39 is 21.6 Å². The molecule has 0 aliphatic carbocycles. The average molecular weight is 498 g/mol. The van der Waals surface area contributed by atoms with Crippen molar-refractivity contribution in [2.24, 2.45) is 0 Å². The summed E-state index contributed by atoms with van der Waals surface area (Å²) in [5.41, 5.74) is 1.12. The number of benzene rings is 2. The Morgan fingerprint density at radius 1 is 1.20 bits per heavy atom. The molecule has 0 N–H and O–H groups in total. The van der Waals surface area contributed by atoms with Crippen LogP contribution in [0.2, 0.25) is 0 Å². The van der Waals surface area contributed by atoms with E-state index in [1.165, 1.54) is 29.3 Å². The highest BCUT2D eigenvalue weighted by Crippen LogP contribution is 2.22. The molecule has 0 unspecified atom stereocenters. The molecule has 1 aliphatic rings. The summed E-state index contributed by atoms with van der Waals surface area (Å²) in [6.45, 7) is 4.87. The molecule has 1 fully saturated rings. The smallest absolute Gasteiger partial charge is 0.257 e. The third-order valence-corrected chi connectivity index (χ3v) is 7.48. The van der Waals surface area contributed by atoms with Gasteiger partial charge in [-0.1, -0.05) is 48.5 Å². The zero-order valence-corrected chi connectivity index (χ0v) is 20.2. The van der Waals surface area contributed by atoms with Crippen molar-refractivity contribution < 1.29 is 22.3 Å². The van der Waals surface area contributed by atoms with E-state index in [2.05, 4.69) is 11.6 Å². The van der Waals surface area contributed by atoms with E-state index in [1.807, 2.05) is 6.07 Å². The maximum absolute atomic E-state index is 14.4. The molecule has 0 saturated carbocycles. The van der Waals surface area contributed by atoms with Gasteiger partial charge in [-0.2, -0.15) is 0 Å². The van der Waals surface area contributed by atoms with Gasteiger partial charge in [-0.15, -0.1) is 6.58 Å². The number of amides is 1. The molecule has 7 nitrogen and oxygen atoms in total. The number of sulfone groups is 1. The van der Waals surface area contributed by atoms with Crippen LogP contribution in [0.15, 0.2) is 78.6 Å². The van der Waals surface area contributed by atoms with Gasteiger partial charge in [0.15, 0.2) is 0 Å². The lowest BCUT2D eigenvalue weighted by molar-refractivity contribution is 0.0498.